The summed E-state index contributed by atoms with van der Waals surface area (Å²) >= 11 is 0. The van der Waals surface area contributed by atoms with Crippen molar-refractivity contribution in [2.75, 3.05) is 5.75 Å². The van der Waals surface area contributed by atoms with E-state index in [9.17, 15) is 23.4 Å². The fourth-order valence-electron chi connectivity index (χ4n) is 6.69. The molecule has 7 atom stereocenters. The SMILES string of the molecule is CCC#CCC[C@H](O)[C@@H]1CC[C@H]([C@H](O)C(=O)N2[C@H]3C[C@@H]4CC[C@@]3(CS2(=O)=O)C4(C)C)O1. The van der Waals surface area contributed by atoms with E-state index in [0.717, 1.165) is 23.6 Å². The quantitative estimate of drug-likeness (QED) is 0.616. The van der Waals surface area contributed by atoms with Crippen molar-refractivity contribution in [3.63, 3.8) is 0 Å². The average Bonchev–Trinajstić information content (AvgIpc) is 3.40. The van der Waals surface area contributed by atoms with E-state index in [4.69, 9.17) is 4.74 Å². The highest BCUT2D eigenvalue weighted by Gasteiger charge is 2.72. The Kier molecular flexibility index (Phi) is 5.96. The van der Waals surface area contributed by atoms with Crippen LogP contribution in [0.2, 0.25) is 0 Å². The van der Waals surface area contributed by atoms with Gasteiger partial charge in [-0.3, -0.25) is 4.79 Å². The Morgan fingerprint density at radius 1 is 1.19 bits per heavy atom. The first-order chi connectivity index (χ1) is 14.5. The molecule has 2 heterocycles. The van der Waals surface area contributed by atoms with Crippen LogP contribution in [0.15, 0.2) is 0 Å². The zero-order valence-electron chi connectivity index (χ0n) is 18.7. The lowest BCUT2D eigenvalue weighted by molar-refractivity contribution is -0.148. The van der Waals surface area contributed by atoms with Crippen LogP contribution in [0.3, 0.4) is 0 Å². The molecule has 31 heavy (non-hydrogen) atoms. The lowest BCUT2D eigenvalue weighted by atomic mass is 9.69. The van der Waals surface area contributed by atoms with Gasteiger partial charge in [0.25, 0.3) is 5.91 Å². The van der Waals surface area contributed by atoms with E-state index in [-0.39, 0.29) is 17.2 Å². The second-order valence-corrected chi connectivity index (χ2v) is 12.1. The summed E-state index contributed by atoms with van der Waals surface area (Å²) in [5.74, 6) is 5.57. The number of carbonyl (C=O) groups excluding carboxylic acids is 1. The fourth-order valence-corrected chi connectivity index (χ4v) is 9.25. The first kappa shape index (κ1) is 23.0. The summed E-state index contributed by atoms with van der Waals surface area (Å²) in [6, 6.07) is -0.367. The molecule has 1 amide bonds. The summed E-state index contributed by atoms with van der Waals surface area (Å²) in [5.41, 5.74) is -0.550. The van der Waals surface area contributed by atoms with Crippen LogP contribution >= 0.6 is 0 Å². The van der Waals surface area contributed by atoms with Crippen LogP contribution in [0.5, 0.6) is 0 Å². The Morgan fingerprint density at radius 3 is 2.58 bits per heavy atom. The number of hydrogen-bond acceptors (Lipinski definition) is 6. The summed E-state index contributed by atoms with van der Waals surface area (Å²) < 4.78 is 32.9. The van der Waals surface area contributed by atoms with E-state index >= 15 is 0 Å². The van der Waals surface area contributed by atoms with Crippen molar-refractivity contribution in [2.24, 2.45) is 16.7 Å². The number of rotatable bonds is 5. The lowest BCUT2D eigenvalue weighted by Gasteiger charge is -2.37. The third-order valence-electron chi connectivity index (χ3n) is 8.61. The summed E-state index contributed by atoms with van der Waals surface area (Å²) in [5, 5.41) is 21.2. The minimum atomic E-state index is -3.78. The van der Waals surface area contributed by atoms with Gasteiger partial charge in [0.1, 0.15) is 0 Å². The minimum absolute atomic E-state index is 0.0156. The van der Waals surface area contributed by atoms with Gasteiger partial charge in [0.15, 0.2) is 6.10 Å². The highest BCUT2D eigenvalue weighted by atomic mass is 32.2. The van der Waals surface area contributed by atoms with E-state index in [2.05, 4.69) is 25.7 Å². The Balaban J connectivity index is 1.43. The average molecular weight is 454 g/mol. The molecule has 0 aromatic carbocycles. The van der Waals surface area contributed by atoms with Crippen LogP contribution in [-0.4, -0.2) is 65.1 Å². The number of ether oxygens (including phenoxy) is 1. The van der Waals surface area contributed by atoms with Gasteiger partial charge < -0.3 is 14.9 Å². The van der Waals surface area contributed by atoms with Crippen molar-refractivity contribution in [1.82, 2.24) is 4.31 Å². The summed E-state index contributed by atoms with van der Waals surface area (Å²) in [7, 11) is -3.78. The van der Waals surface area contributed by atoms with Crippen LogP contribution in [-0.2, 0) is 19.6 Å². The second-order valence-electron chi connectivity index (χ2n) is 10.3. The van der Waals surface area contributed by atoms with E-state index in [0.29, 0.717) is 38.0 Å². The van der Waals surface area contributed by atoms with Gasteiger partial charge in [0, 0.05) is 18.3 Å². The molecule has 2 bridgehead atoms. The van der Waals surface area contributed by atoms with Gasteiger partial charge in [-0.05, 0) is 49.9 Å². The molecule has 0 aromatic rings. The fraction of sp³-hybridized carbons (Fsp3) is 0.870. The standard InChI is InChI=1S/C23H35NO6S/c1-4-5-6-7-8-16(25)17-9-10-18(30-17)20(26)21(27)24-19-13-15-11-12-23(19,22(15,2)3)14-31(24,28)29/h15-20,25-26H,4,7-14H2,1-3H3/t15-,16-,17-,18+,19-,20-,23-/m0/s1. The Morgan fingerprint density at radius 2 is 1.90 bits per heavy atom. The van der Waals surface area contributed by atoms with Crippen LogP contribution in [0.25, 0.3) is 0 Å². The number of aliphatic hydroxyl groups is 2. The van der Waals surface area contributed by atoms with Crippen molar-refractivity contribution in [3.8, 4) is 11.8 Å². The molecule has 4 aliphatic rings. The number of aliphatic hydroxyl groups excluding tert-OH is 2. The summed E-state index contributed by atoms with van der Waals surface area (Å²) in [4.78, 5) is 13.2. The van der Waals surface area contributed by atoms with Gasteiger partial charge in [-0.2, -0.15) is 0 Å². The molecular formula is C23H35NO6S. The number of amides is 1. The highest BCUT2D eigenvalue weighted by molar-refractivity contribution is 7.90. The summed E-state index contributed by atoms with van der Waals surface area (Å²) in [6.45, 7) is 6.22. The maximum absolute atomic E-state index is 13.2. The van der Waals surface area contributed by atoms with Gasteiger partial charge in [-0.25, -0.2) is 12.7 Å². The number of carbonyl (C=O) groups is 1. The van der Waals surface area contributed by atoms with Crippen LogP contribution in [0, 0.1) is 28.6 Å². The highest BCUT2D eigenvalue weighted by Crippen LogP contribution is 2.70. The first-order valence-electron chi connectivity index (χ1n) is 11.6. The van der Waals surface area contributed by atoms with Crippen LogP contribution < -0.4 is 0 Å². The third-order valence-corrected chi connectivity index (χ3v) is 10.5. The Hall–Kier alpha value is -1.14. The predicted octanol–water partition coefficient (Wildman–Crippen LogP) is 1.82. The lowest BCUT2D eigenvalue weighted by Crippen LogP contribution is -2.50. The number of hydrogen-bond donors (Lipinski definition) is 2. The molecular weight excluding hydrogens is 418 g/mol. The van der Waals surface area contributed by atoms with Crippen LogP contribution in [0.4, 0.5) is 0 Å². The van der Waals surface area contributed by atoms with Crippen molar-refractivity contribution < 1.29 is 28.2 Å². The Labute approximate surface area is 185 Å². The molecule has 4 rings (SSSR count). The van der Waals surface area contributed by atoms with E-state index in [1.165, 1.54) is 0 Å². The van der Waals surface area contributed by atoms with Crippen molar-refractivity contribution in [1.29, 1.82) is 0 Å². The molecule has 2 saturated carbocycles. The monoisotopic (exact) mass is 453 g/mol. The first-order valence-corrected chi connectivity index (χ1v) is 13.2. The Bertz CT molecular complexity index is 889. The molecule has 0 radical (unpaired) electrons. The molecule has 2 aliphatic carbocycles. The van der Waals surface area contributed by atoms with Crippen LogP contribution in [0.1, 0.15) is 72.1 Å². The van der Waals surface area contributed by atoms with E-state index in [1.807, 2.05) is 6.92 Å². The zero-order valence-corrected chi connectivity index (χ0v) is 19.5. The van der Waals surface area contributed by atoms with Gasteiger partial charge in [0.05, 0.1) is 30.1 Å². The molecule has 2 saturated heterocycles. The molecule has 7 nitrogen and oxygen atoms in total. The maximum atomic E-state index is 13.2. The van der Waals surface area contributed by atoms with E-state index < -0.39 is 45.8 Å². The van der Waals surface area contributed by atoms with Crippen molar-refractivity contribution >= 4 is 15.9 Å². The molecule has 1 spiro atoms. The van der Waals surface area contributed by atoms with E-state index in [1.54, 1.807) is 0 Å². The van der Waals surface area contributed by atoms with Crippen molar-refractivity contribution in [3.05, 3.63) is 0 Å². The largest absolute Gasteiger partial charge is 0.390 e. The van der Waals surface area contributed by atoms with Crippen molar-refractivity contribution in [2.45, 2.75) is 103 Å². The normalized spacial score (nSPS) is 39.1. The number of nitrogens with zero attached hydrogens (tertiary/aromatic N) is 1. The number of sulfonamides is 1. The predicted molar refractivity (Wildman–Crippen MR) is 115 cm³/mol. The maximum Gasteiger partial charge on any atom is 0.267 e. The van der Waals surface area contributed by atoms with Gasteiger partial charge in [-0.15, -0.1) is 11.8 Å². The smallest absolute Gasteiger partial charge is 0.267 e. The van der Waals surface area contributed by atoms with Gasteiger partial charge >= 0.3 is 0 Å². The molecule has 4 fully saturated rings. The second kappa shape index (κ2) is 8.02. The molecule has 174 valence electrons. The molecule has 8 heteroatoms. The van der Waals surface area contributed by atoms with Gasteiger partial charge in [0.2, 0.25) is 10.0 Å². The molecule has 2 N–H and O–H groups in total. The molecule has 2 aliphatic heterocycles. The number of fused-ring (bicyclic) bond motifs is 1. The topological polar surface area (TPSA) is 104 Å². The third kappa shape index (κ3) is 3.52. The minimum Gasteiger partial charge on any atom is -0.390 e. The van der Waals surface area contributed by atoms with Gasteiger partial charge in [-0.1, -0.05) is 20.8 Å². The zero-order chi connectivity index (χ0) is 22.6. The summed E-state index contributed by atoms with van der Waals surface area (Å²) in [6.07, 6.45) is 1.69. The molecule has 0 aromatic heterocycles. The molecule has 0 unspecified atom stereocenters.